The van der Waals surface area contributed by atoms with E-state index in [0.29, 0.717) is 12.2 Å². The van der Waals surface area contributed by atoms with Gasteiger partial charge in [-0.3, -0.25) is 19.7 Å². The minimum Gasteiger partial charge on any atom is -0.375 e. The van der Waals surface area contributed by atoms with E-state index < -0.39 is 10.8 Å². The molecule has 1 aliphatic heterocycles. The number of rotatable bonds is 5. The molecule has 27 heavy (non-hydrogen) atoms. The number of fused-ring (bicyclic) bond motifs is 1. The standard InChI is InChI=1S/C18H16ClN3O5/c1-27-10-17(23)21-7-6-11-2-4-13(9-15(11)21)20-18(24)12-3-5-14(19)16(8-12)22(25)26/h2-5,8-9H,6-7,10H2,1H3,(H,20,24). The van der Waals surface area contributed by atoms with Gasteiger partial charge in [-0.05, 0) is 36.2 Å². The Morgan fingerprint density at radius 1 is 1.30 bits per heavy atom. The summed E-state index contributed by atoms with van der Waals surface area (Å²) in [6.07, 6.45) is 0.725. The number of carbonyl (C=O) groups is 2. The lowest BCUT2D eigenvalue weighted by molar-refractivity contribution is -0.384. The van der Waals surface area contributed by atoms with Crippen LogP contribution in [-0.2, 0) is 16.0 Å². The quantitative estimate of drug-likeness (QED) is 0.625. The van der Waals surface area contributed by atoms with Crippen molar-refractivity contribution in [1.82, 2.24) is 0 Å². The molecule has 0 bridgehead atoms. The van der Waals surface area contributed by atoms with Gasteiger partial charge in [-0.15, -0.1) is 0 Å². The lowest BCUT2D eigenvalue weighted by atomic mass is 10.1. The Balaban J connectivity index is 1.82. The molecule has 3 rings (SSSR count). The minimum absolute atomic E-state index is 0.0233. The fraction of sp³-hybridized carbons (Fsp3) is 0.222. The number of ether oxygens (including phenoxy) is 1. The molecule has 0 unspecified atom stereocenters. The predicted molar refractivity (Wildman–Crippen MR) is 100 cm³/mol. The molecule has 2 aromatic rings. The first kappa shape index (κ1) is 18.8. The van der Waals surface area contributed by atoms with E-state index in [4.69, 9.17) is 16.3 Å². The third-order valence-corrected chi connectivity index (χ3v) is 4.53. The van der Waals surface area contributed by atoms with E-state index in [1.54, 1.807) is 17.0 Å². The van der Waals surface area contributed by atoms with Crippen molar-refractivity contribution in [3.8, 4) is 0 Å². The first-order valence-corrected chi connectivity index (χ1v) is 8.46. The largest absolute Gasteiger partial charge is 0.375 e. The molecule has 0 aromatic heterocycles. The van der Waals surface area contributed by atoms with Gasteiger partial charge in [0.2, 0.25) is 0 Å². The van der Waals surface area contributed by atoms with Crippen LogP contribution in [0.5, 0.6) is 0 Å². The van der Waals surface area contributed by atoms with Gasteiger partial charge in [0, 0.05) is 36.7 Å². The monoisotopic (exact) mass is 389 g/mol. The predicted octanol–water partition coefficient (Wildman–Crippen LogP) is 3.04. The molecule has 9 heteroatoms. The first-order valence-electron chi connectivity index (χ1n) is 8.08. The summed E-state index contributed by atoms with van der Waals surface area (Å²) >= 11 is 5.77. The second kappa shape index (κ2) is 7.73. The SMILES string of the molecule is COCC(=O)N1CCc2ccc(NC(=O)c3ccc(Cl)c([N+](=O)[O-])c3)cc21. The van der Waals surface area contributed by atoms with Gasteiger partial charge in [-0.1, -0.05) is 17.7 Å². The Hall–Kier alpha value is -2.97. The summed E-state index contributed by atoms with van der Waals surface area (Å²) in [4.78, 5) is 36.5. The maximum atomic E-state index is 12.4. The van der Waals surface area contributed by atoms with Crippen LogP contribution < -0.4 is 10.2 Å². The topological polar surface area (TPSA) is 102 Å². The van der Waals surface area contributed by atoms with E-state index >= 15 is 0 Å². The number of methoxy groups -OCH3 is 1. The molecule has 140 valence electrons. The number of hydrogen-bond acceptors (Lipinski definition) is 5. The summed E-state index contributed by atoms with van der Waals surface area (Å²) in [5.41, 5.74) is 1.97. The molecule has 0 saturated carbocycles. The average molecular weight is 390 g/mol. The van der Waals surface area contributed by atoms with E-state index in [1.165, 1.54) is 19.2 Å². The number of amides is 2. The van der Waals surface area contributed by atoms with Gasteiger partial charge >= 0.3 is 0 Å². The lowest BCUT2D eigenvalue weighted by Crippen LogP contribution is -2.32. The fourth-order valence-corrected chi connectivity index (χ4v) is 3.10. The van der Waals surface area contributed by atoms with Gasteiger partial charge in [-0.2, -0.15) is 0 Å². The molecule has 1 N–H and O–H groups in total. The average Bonchev–Trinajstić information content (AvgIpc) is 3.05. The Bertz CT molecular complexity index is 931. The Morgan fingerprint density at radius 3 is 2.78 bits per heavy atom. The number of anilines is 2. The van der Waals surface area contributed by atoms with Crippen LogP contribution >= 0.6 is 11.6 Å². The maximum Gasteiger partial charge on any atom is 0.288 e. The highest BCUT2D eigenvalue weighted by atomic mass is 35.5. The molecule has 0 radical (unpaired) electrons. The van der Waals surface area contributed by atoms with Crippen LogP contribution in [0.1, 0.15) is 15.9 Å². The number of nitro groups is 1. The zero-order chi connectivity index (χ0) is 19.6. The second-order valence-electron chi connectivity index (χ2n) is 5.95. The van der Waals surface area contributed by atoms with Gasteiger partial charge in [0.25, 0.3) is 17.5 Å². The molecule has 8 nitrogen and oxygen atoms in total. The number of nitrogens with zero attached hydrogens (tertiary/aromatic N) is 2. The highest BCUT2D eigenvalue weighted by molar-refractivity contribution is 6.32. The van der Waals surface area contributed by atoms with Crippen molar-refractivity contribution in [3.63, 3.8) is 0 Å². The van der Waals surface area contributed by atoms with Gasteiger partial charge in [0.15, 0.2) is 0 Å². The number of halogens is 1. The van der Waals surface area contributed by atoms with Crippen molar-refractivity contribution < 1.29 is 19.2 Å². The molecule has 1 aliphatic rings. The molecular formula is C18H16ClN3O5. The molecule has 1 heterocycles. The van der Waals surface area contributed by atoms with Crippen molar-refractivity contribution in [2.75, 3.05) is 30.5 Å². The summed E-state index contributed by atoms with van der Waals surface area (Å²) in [5, 5.41) is 13.6. The first-order chi connectivity index (χ1) is 12.9. The van der Waals surface area contributed by atoms with Crippen LogP contribution in [0.25, 0.3) is 0 Å². The summed E-state index contributed by atoms with van der Waals surface area (Å²) < 4.78 is 4.90. The molecule has 0 aliphatic carbocycles. The van der Waals surface area contributed by atoms with Crippen molar-refractivity contribution in [1.29, 1.82) is 0 Å². The maximum absolute atomic E-state index is 12.4. The van der Waals surface area contributed by atoms with Crippen LogP contribution in [0.3, 0.4) is 0 Å². The Labute approximate surface area is 159 Å². The zero-order valence-electron chi connectivity index (χ0n) is 14.4. The molecule has 2 aromatic carbocycles. The molecule has 0 spiro atoms. The van der Waals surface area contributed by atoms with Crippen molar-refractivity contribution >= 4 is 40.5 Å². The Morgan fingerprint density at radius 2 is 2.07 bits per heavy atom. The smallest absolute Gasteiger partial charge is 0.288 e. The van der Waals surface area contributed by atoms with Crippen LogP contribution in [-0.4, -0.2) is 37.0 Å². The highest BCUT2D eigenvalue weighted by Gasteiger charge is 2.25. The number of nitrogens with one attached hydrogen (secondary N) is 1. The summed E-state index contributed by atoms with van der Waals surface area (Å²) in [7, 11) is 1.46. The fourth-order valence-electron chi connectivity index (χ4n) is 2.91. The minimum atomic E-state index is -0.645. The summed E-state index contributed by atoms with van der Waals surface area (Å²) in [6, 6.07) is 9.12. The van der Waals surface area contributed by atoms with E-state index in [-0.39, 0.29) is 28.8 Å². The van der Waals surface area contributed by atoms with E-state index in [9.17, 15) is 19.7 Å². The number of benzene rings is 2. The number of carbonyl (C=O) groups excluding carboxylic acids is 2. The van der Waals surface area contributed by atoms with Crippen LogP contribution in [0.4, 0.5) is 17.1 Å². The molecule has 0 fully saturated rings. The summed E-state index contributed by atoms with van der Waals surface area (Å²) in [6.45, 7) is 0.531. The number of hydrogen-bond donors (Lipinski definition) is 1. The normalized spacial score (nSPS) is 12.6. The summed E-state index contributed by atoms with van der Waals surface area (Å²) in [5.74, 6) is -0.671. The van der Waals surface area contributed by atoms with Crippen LogP contribution in [0, 0.1) is 10.1 Å². The van der Waals surface area contributed by atoms with Crippen LogP contribution in [0.15, 0.2) is 36.4 Å². The van der Waals surface area contributed by atoms with Crippen molar-refractivity contribution in [3.05, 3.63) is 62.7 Å². The molecule has 0 saturated heterocycles. The molecule has 2 amide bonds. The van der Waals surface area contributed by atoms with Gasteiger partial charge in [-0.25, -0.2) is 0 Å². The van der Waals surface area contributed by atoms with Gasteiger partial charge in [0.05, 0.1) is 4.92 Å². The number of nitro benzene ring substituents is 1. The van der Waals surface area contributed by atoms with Crippen molar-refractivity contribution in [2.24, 2.45) is 0 Å². The highest BCUT2D eigenvalue weighted by Crippen LogP contribution is 2.31. The van der Waals surface area contributed by atoms with Crippen molar-refractivity contribution in [2.45, 2.75) is 6.42 Å². The molecule has 0 atom stereocenters. The Kier molecular flexibility index (Phi) is 5.38. The van der Waals surface area contributed by atoms with E-state index in [2.05, 4.69) is 5.32 Å². The van der Waals surface area contributed by atoms with E-state index in [1.807, 2.05) is 6.07 Å². The second-order valence-corrected chi connectivity index (χ2v) is 6.36. The van der Waals surface area contributed by atoms with Crippen LogP contribution in [0.2, 0.25) is 5.02 Å². The van der Waals surface area contributed by atoms with Gasteiger partial charge < -0.3 is 15.0 Å². The molecular weight excluding hydrogens is 374 g/mol. The lowest BCUT2D eigenvalue weighted by Gasteiger charge is -2.17. The van der Waals surface area contributed by atoms with E-state index in [0.717, 1.165) is 23.7 Å². The van der Waals surface area contributed by atoms with Gasteiger partial charge in [0.1, 0.15) is 11.6 Å². The zero-order valence-corrected chi connectivity index (χ0v) is 15.2. The third-order valence-electron chi connectivity index (χ3n) is 4.21. The third kappa shape index (κ3) is 3.91.